The summed E-state index contributed by atoms with van der Waals surface area (Å²) in [6, 6.07) is 14.8. The molecule has 0 fully saturated rings. The number of hydrogen-bond donors (Lipinski definition) is 1. The molecule has 0 aliphatic heterocycles. The molecule has 0 aliphatic carbocycles. The molecule has 3 nitrogen and oxygen atoms in total. The summed E-state index contributed by atoms with van der Waals surface area (Å²) in [4.78, 5) is 0. The van der Waals surface area contributed by atoms with E-state index < -0.39 is 6.10 Å². The van der Waals surface area contributed by atoms with Crippen molar-refractivity contribution in [2.24, 2.45) is 0 Å². The fourth-order valence-electron chi connectivity index (χ4n) is 1.90. The lowest BCUT2D eigenvalue weighted by Gasteiger charge is -2.11. The lowest BCUT2D eigenvalue weighted by molar-refractivity contribution is 0.173. The number of aliphatic hydroxyl groups excluding tert-OH is 1. The van der Waals surface area contributed by atoms with Crippen LogP contribution in [0, 0.1) is 18.3 Å². The molecule has 20 heavy (non-hydrogen) atoms. The van der Waals surface area contributed by atoms with Crippen LogP contribution < -0.4 is 4.74 Å². The Hall–Kier alpha value is -2.31. The normalized spacial score (nSPS) is 11.7. The summed E-state index contributed by atoms with van der Waals surface area (Å²) in [7, 11) is 0. The zero-order valence-electron chi connectivity index (χ0n) is 11.6. The summed E-state index contributed by atoms with van der Waals surface area (Å²) in [5.41, 5.74) is 2.42. The van der Waals surface area contributed by atoms with E-state index in [9.17, 15) is 5.11 Å². The molecule has 1 atom stereocenters. The molecule has 3 heteroatoms. The summed E-state index contributed by atoms with van der Waals surface area (Å²) < 4.78 is 5.79. The standard InChI is InChI=1S/C17H17NO2/c1-3-16(19)14-6-8-15(9-7-14)20-17-10-13(11-18)5-4-12(17)2/h4-10,16,19H,3H2,1-2H3/t16-/m0/s1. The van der Waals surface area contributed by atoms with E-state index in [1.807, 2.05) is 44.2 Å². The molecule has 0 aromatic heterocycles. The minimum atomic E-state index is -0.437. The van der Waals surface area contributed by atoms with Gasteiger partial charge in [-0.3, -0.25) is 0 Å². The summed E-state index contributed by atoms with van der Waals surface area (Å²) in [6.45, 7) is 3.87. The Kier molecular flexibility index (Phi) is 4.39. The van der Waals surface area contributed by atoms with Crippen LogP contribution in [0.4, 0.5) is 0 Å². The van der Waals surface area contributed by atoms with Crippen LogP contribution in [0.5, 0.6) is 11.5 Å². The summed E-state index contributed by atoms with van der Waals surface area (Å²) in [6.07, 6.45) is 0.247. The van der Waals surface area contributed by atoms with Gasteiger partial charge in [0.05, 0.1) is 17.7 Å². The second-order valence-corrected chi connectivity index (χ2v) is 4.69. The first-order valence-electron chi connectivity index (χ1n) is 6.60. The third-order valence-electron chi connectivity index (χ3n) is 3.20. The number of nitrogens with zero attached hydrogens (tertiary/aromatic N) is 1. The minimum Gasteiger partial charge on any atom is -0.457 e. The molecule has 0 amide bonds. The maximum Gasteiger partial charge on any atom is 0.131 e. The Morgan fingerprint density at radius 3 is 2.50 bits per heavy atom. The number of nitriles is 1. The molecule has 0 unspecified atom stereocenters. The van der Waals surface area contributed by atoms with E-state index in [1.54, 1.807) is 12.1 Å². The molecule has 2 aromatic rings. The number of ether oxygens (including phenoxy) is 1. The smallest absolute Gasteiger partial charge is 0.131 e. The van der Waals surface area contributed by atoms with Crippen molar-refractivity contribution in [1.82, 2.24) is 0 Å². The van der Waals surface area contributed by atoms with Crippen LogP contribution in [0.15, 0.2) is 42.5 Å². The maximum absolute atomic E-state index is 9.75. The molecule has 0 bridgehead atoms. The molecule has 0 heterocycles. The van der Waals surface area contributed by atoms with Crippen molar-refractivity contribution in [1.29, 1.82) is 5.26 Å². The predicted octanol–water partition coefficient (Wildman–Crippen LogP) is 4.10. The second-order valence-electron chi connectivity index (χ2n) is 4.69. The Morgan fingerprint density at radius 2 is 1.90 bits per heavy atom. The molecular weight excluding hydrogens is 250 g/mol. The van der Waals surface area contributed by atoms with Gasteiger partial charge in [0.25, 0.3) is 0 Å². The van der Waals surface area contributed by atoms with Gasteiger partial charge in [-0.05, 0) is 48.7 Å². The zero-order valence-corrected chi connectivity index (χ0v) is 11.6. The SMILES string of the molecule is CC[C@H](O)c1ccc(Oc2cc(C#N)ccc2C)cc1. The Balaban J connectivity index is 2.20. The van der Waals surface area contributed by atoms with Crippen molar-refractivity contribution in [3.63, 3.8) is 0 Å². The minimum absolute atomic E-state index is 0.437. The number of aryl methyl sites for hydroxylation is 1. The lowest BCUT2D eigenvalue weighted by Crippen LogP contribution is -1.95. The first kappa shape index (κ1) is 14.1. The molecule has 102 valence electrons. The van der Waals surface area contributed by atoms with Gasteiger partial charge >= 0.3 is 0 Å². The van der Waals surface area contributed by atoms with Gasteiger partial charge in [-0.15, -0.1) is 0 Å². The van der Waals surface area contributed by atoms with E-state index in [2.05, 4.69) is 6.07 Å². The number of hydrogen-bond acceptors (Lipinski definition) is 3. The molecule has 0 saturated heterocycles. The first-order chi connectivity index (χ1) is 9.63. The highest BCUT2D eigenvalue weighted by Crippen LogP contribution is 2.27. The average Bonchev–Trinajstić information content (AvgIpc) is 2.49. The van der Waals surface area contributed by atoms with Gasteiger partial charge in [-0.25, -0.2) is 0 Å². The van der Waals surface area contributed by atoms with E-state index in [-0.39, 0.29) is 0 Å². The summed E-state index contributed by atoms with van der Waals surface area (Å²) in [5, 5.41) is 18.7. The van der Waals surface area contributed by atoms with Crippen molar-refractivity contribution >= 4 is 0 Å². The largest absolute Gasteiger partial charge is 0.457 e. The monoisotopic (exact) mass is 267 g/mol. The van der Waals surface area contributed by atoms with Crippen LogP contribution in [0.1, 0.15) is 36.1 Å². The van der Waals surface area contributed by atoms with Crippen LogP contribution in [0.25, 0.3) is 0 Å². The van der Waals surface area contributed by atoms with E-state index in [1.165, 1.54) is 0 Å². The van der Waals surface area contributed by atoms with E-state index in [0.717, 1.165) is 11.1 Å². The predicted molar refractivity (Wildman–Crippen MR) is 77.7 cm³/mol. The van der Waals surface area contributed by atoms with Gasteiger partial charge in [0.1, 0.15) is 11.5 Å². The highest BCUT2D eigenvalue weighted by molar-refractivity contribution is 5.44. The van der Waals surface area contributed by atoms with E-state index >= 15 is 0 Å². The Bertz CT molecular complexity index is 626. The van der Waals surface area contributed by atoms with Crippen LogP contribution >= 0.6 is 0 Å². The highest BCUT2D eigenvalue weighted by atomic mass is 16.5. The molecule has 0 spiro atoms. The van der Waals surface area contributed by atoms with Crippen molar-refractivity contribution in [3.8, 4) is 17.6 Å². The van der Waals surface area contributed by atoms with Crippen molar-refractivity contribution in [2.45, 2.75) is 26.4 Å². The molecule has 2 rings (SSSR count). The second kappa shape index (κ2) is 6.23. The van der Waals surface area contributed by atoms with Gasteiger partial charge in [-0.1, -0.05) is 25.1 Å². The lowest BCUT2D eigenvalue weighted by atomic mass is 10.1. The molecule has 0 aliphatic rings. The number of aliphatic hydroxyl groups is 1. The highest BCUT2D eigenvalue weighted by Gasteiger charge is 2.06. The molecule has 0 saturated carbocycles. The third kappa shape index (κ3) is 3.17. The Labute approximate surface area is 119 Å². The number of benzene rings is 2. The van der Waals surface area contributed by atoms with Gasteiger partial charge < -0.3 is 9.84 Å². The number of rotatable bonds is 4. The molecule has 0 radical (unpaired) electrons. The molecule has 2 aromatic carbocycles. The van der Waals surface area contributed by atoms with Crippen molar-refractivity contribution in [2.75, 3.05) is 0 Å². The maximum atomic E-state index is 9.75. The van der Waals surface area contributed by atoms with Crippen LogP contribution in [0.2, 0.25) is 0 Å². The van der Waals surface area contributed by atoms with Gasteiger partial charge in [0.2, 0.25) is 0 Å². The van der Waals surface area contributed by atoms with Crippen LogP contribution in [-0.2, 0) is 0 Å². The fourth-order valence-corrected chi connectivity index (χ4v) is 1.90. The zero-order chi connectivity index (χ0) is 14.5. The summed E-state index contributed by atoms with van der Waals surface area (Å²) in [5.74, 6) is 1.36. The van der Waals surface area contributed by atoms with Gasteiger partial charge in [-0.2, -0.15) is 5.26 Å². The fraction of sp³-hybridized carbons (Fsp3) is 0.235. The topological polar surface area (TPSA) is 53.2 Å². The van der Waals surface area contributed by atoms with Crippen molar-refractivity contribution in [3.05, 3.63) is 59.2 Å². The quantitative estimate of drug-likeness (QED) is 0.907. The third-order valence-corrected chi connectivity index (χ3v) is 3.20. The van der Waals surface area contributed by atoms with Crippen molar-refractivity contribution < 1.29 is 9.84 Å². The van der Waals surface area contributed by atoms with Gasteiger partial charge in [0, 0.05) is 0 Å². The Morgan fingerprint density at radius 1 is 1.20 bits per heavy atom. The van der Waals surface area contributed by atoms with E-state index in [4.69, 9.17) is 10.00 Å². The average molecular weight is 267 g/mol. The molecule has 1 N–H and O–H groups in total. The first-order valence-corrected chi connectivity index (χ1v) is 6.60. The van der Waals surface area contributed by atoms with Gasteiger partial charge in [0.15, 0.2) is 0 Å². The van der Waals surface area contributed by atoms with Crippen LogP contribution in [-0.4, -0.2) is 5.11 Å². The van der Waals surface area contributed by atoms with E-state index in [0.29, 0.717) is 23.5 Å². The van der Waals surface area contributed by atoms with Crippen LogP contribution in [0.3, 0.4) is 0 Å². The summed E-state index contributed by atoms with van der Waals surface area (Å²) >= 11 is 0. The molecular formula is C17H17NO2.